The Hall–Kier alpha value is -4.00. The maximum atomic E-state index is 14.9. The van der Waals surface area contributed by atoms with Gasteiger partial charge in [-0.05, 0) is 68.2 Å². The smallest absolute Gasteiger partial charge is 0.357 e. The number of aryl methyl sites for hydroxylation is 3. The Balaban J connectivity index is 1.13. The summed E-state index contributed by atoms with van der Waals surface area (Å²) in [4.78, 5) is 26.8. The van der Waals surface area contributed by atoms with E-state index in [-0.39, 0.29) is 28.5 Å². The molecule has 1 spiro atoms. The van der Waals surface area contributed by atoms with Gasteiger partial charge in [0.15, 0.2) is 0 Å². The highest BCUT2D eigenvalue weighted by molar-refractivity contribution is 7.99. The number of likely N-dealkylation sites (tertiary alicyclic amines) is 1. The van der Waals surface area contributed by atoms with Gasteiger partial charge in [0.1, 0.15) is 17.2 Å². The molecule has 7 heterocycles. The molecule has 48 heavy (non-hydrogen) atoms. The minimum absolute atomic E-state index is 0.00784. The van der Waals surface area contributed by atoms with Crippen LogP contribution in [0.1, 0.15) is 49.6 Å². The van der Waals surface area contributed by atoms with Gasteiger partial charge in [-0.1, -0.05) is 13.0 Å². The van der Waals surface area contributed by atoms with Crippen molar-refractivity contribution in [1.29, 1.82) is 0 Å². The van der Waals surface area contributed by atoms with E-state index < -0.39 is 17.8 Å². The summed E-state index contributed by atoms with van der Waals surface area (Å²) in [5, 5.41) is 0. The second-order valence-electron chi connectivity index (χ2n) is 14.5. The summed E-state index contributed by atoms with van der Waals surface area (Å²) in [6.45, 7) is 6.03. The van der Waals surface area contributed by atoms with E-state index in [9.17, 15) is 22.4 Å². The lowest BCUT2D eigenvalue weighted by Gasteiger charge is -2.29. The summed E-state index contributed by atoms with van der Waals surface area (Å²) in [5.74, 6) is 2.25. The first kappa shape index (κ1) is 30.1. The Morgan fingerprint density at radius 2 is 1.94 bits per heavy atom. The molecular formula is C35H35F4N7OS. The van der Waals surface area contributed by atoms with Crippen LogP contribution in [0.4, 0.5) is 28.2 Å². The van der Waals surface area contributed by atoms with Crippen LogP contribution in [0, 0.1) is 23.8 Å². The molecule has 1 aliphatic carbocycles. The van der Waals surface area contributed by atoms with Crippen LogP contribution in [0.2, 0.25) is 0 Å². The van der Waals surface area contributed by atoms with Crippen molar-refractivity contribution in [3.8, 4) is 11.1 Å². The number of amides is 1. The fourth-order valence-corrected chi connectivity index (χ4v) is 9.84. The molecule has 2 atom stereocenters. The molecule has 4 aliphatic rings. The van der Waals surface area contributed by atoms with Crippen molar-refractivity contribution in [2.75, 3.05) is 30.3 Å². The molecule has 2 unspecified atom stereocenters. The molecule has 0 radical (unpaired) electrons. The SMILES string of the molecule is Cc1nc2c3c(c(C(F)(F)F)cc2n1C)-c1cccn2c(N4CCC5(CC(C6(C)CC6)N(C(=O)n6ccnc6F)C5)C4)cc(c12)CCS3. The van der Waals surface area contributed by atoms with E-state index in [2.05, 4.69) is 27.3 Å². The van der Waals surface area contributed by atoms with Crippen molar-refractivity contribution in [1.82, 2.24) is 28.4 Å². The Morgan fingerprint density at radius 3 is 2.67 bits per heavy atom. The number of carbonyl (C=O) groups is 1. The van der Waals surface area contributed by atoms with Gasteiger partial charge in [0.25, 0.3) is 6.08 Å². The van der Waals surface area contributed by atoms with Crippen LogP contribution >= 0.6 is 11.8 Å². The van der Waals surface area contributed by atoms with Crippen molar-refractivity contribution < 1.29 is 22.4 Å². The number of halogens is 4. The van der Waals surface area contributed by atoms with E-state index in [0.29, 0.717) is 52.6 Å². The molecule has 5 aromatic rings. The van der Waals surface area contributed by atoms with Crippen LogP contribution in [-0.4, -0.2) is 65.9 Å². The molecule has 4 aromatic heterocycles. The van der Waals surface area contributed by atoms with E-state index in [1.54, 1.807) is 11.6 Å². The summed E-state index contributed by atoms with van der Waals surface area (Å²) >= 11 is 1.45. The molecule has 9 rings (SSSR count). The Labute approximate surface area is 278 Å². The number of aromatic nitrogens is 5. The molecule has 8 nitrogen and oxygen atoms in total. The first-order valence-electron chi connectivity index (χ1n) is 16.5. The number of carbonyl (C=O) groups excluding carboxylic acids is 1. The minimum atomic E-state index is -4.56. The maximum Gasteiger partial charge on any atom is 0.417 e. The van der Waals surface area contributed by atoms with Gasteiger partial charge in [0.2, 0.25) is 0 Å². The zero-order valence-electron chi connectivity index (χ0n) is 26.9. The van der Waals surface area contributed by atoms with E-state index >= 15 is 0 Å². The van der Waals surface area contributed by atoms with Gasteiger partial charge < -0.3 is 18.8 Å². The summed E-state index contributed by atoms with van der Waals surface area (Å²) in [5.41, 5.74) is 2.87. The first-order valence-corrected chi connectivity index (χ1v) is 17.4. The van der Waals surface area contributed by atoms with Gasteiger partial charge in [0, 0.05) is 78.5 Å². The Bertz CT molecular complexity index is 2160. The van der Waals surface area contributed by atoms with Crippen LogP contribution in [0.15, 0.2) is 47.8 Å². The van der Waals surface area contributed by atoms with E-state index in [1.165, 1.54) is 30.2 Å². The van der Waals surface area contributed by atoms with Crippen molar-refractivity contribution in [3.63, 3.8) is 0 Å². The molecule has 1 saturated carbocycles. The number of thioether (sulfide) groups is 1. The number of benzene rings is 1. The number of rotatable bonds is 2. The van der Waals surface area contributed by atoms with Crippen molar-refractivity contribution in [2.45, 2.75) is 63.1 Å². The predicted octanol–water partition coefficient (Wildman–Crippen LogP) is 7.54. The average Bonchev–Trinajstić information content (AvgIpc) is 3.53. The molecule has 1 aromatic carbocycles. The normalized spacial score (nSPS) is 23.4. The van der Waals surface area contributed by atoms with Crippen LogP contribution in [0.5, 0.6) is 0 Å². The maximum absolute atomic E-state index is 14.9. The number of hydrogen-bond donors (Lipinski definition) is 0. The second kappa shape index (κ2) is 10.0. The third-order valence-electron chi connectivity index (χ3n) is 11.6. The van der Waals surface area contributed by atoms with Crippen LogP contribution in [0.25, 0.3) is 27.7 Å². The van der Waals surface area contributed by atoms with Gasteiger partial charge >= 0.3 is 12.2 Å². The van der Waals surface area contributed by atoms with Crippen LogP contribution in [0.3, 0.4) is 0 Å². The minimum Gasteiger partial charge on any atom is -0.357 e. The first-order chi connectivity index (χ1) is 22.9. The standard InChI is InChI=1S/C35H35F4N7OS/c1-20-41-28-24(42(20)3)16-23(35(37,38)39)27-22-5-4-11-44-26(15-21(29(22)44)6-14-48-30(27)28)43-12-9-34(18-43)17-25(33(2)7-8-33)46(19-34)32(47)45-13-10-40-31(45)36/h4-5,10-11,13,15-16,25H,6-9,12,14,17-19H2,1-3H3. The molecule has 3 aliphatic heterocycles. The molecule has 3 fully saturated rings. The zero-order valence-corrected chi connectivity index (χ0v) is 27.8. The van der Waals surface area contributed by atoms with Crippen LogP contribution < -0.4 is 4.90 Å². The number of pyridine rings is 1. The summed E-state index contributed by atoms with van der Waals surface area (Å²) in [7, 11) is 1.76. The highest BCUT2D eigenvalue weighted by Crippen LogP contribution is 2.58. The van der Waals surface area contributed by atoms with Gasteiger partial charge in [-0.15, -0.1) is 11.8 Å². The third kappa shape index (κ3) is 4.31. The number of nitrogens with zero attached hydrogens (tertiary/aromatic N) is 7. The molecule has 250 valence electrons. The average molecular weight is 678 g/mol. The highest BCUT2D eigenvalue weighted by Gasteiger charge is 2.58. The molecule has 1 amide bonds. The Kier molecular flexibility index (Phi) is 6.28. The largest absolute Gasteiger partial charge is 0.417 e. The third-order valence-corrected chi connectivity index (χ3v) is 12.7. The van der Waals surface area contributed by atoms with Gasteiger partial charge in [-0.2, -0.15) is 17.6 Å². The molecule has 0 N–H and O–H groups in total. The number of alkyl halides is 3. The molecule has 13 heteroatoms. The lowest BCUT2D eigenvalue weighted by molar-refractivity contribution is -0.137. The highest BCUT2D eigenvalue weighted by atomic mass is 32.2. The van der Waals surface area contributed by atoms with Gasteiger partial charge in [0.05, 0.1) is 16.6 Å². The summed E-state index contributed by atoms with van der Waals surface area (Å²) in [6.07, 6.45) is 3.75. The molecular weight excluding hydrogens is 642 g/mol. The van der Waals surface area contributed by atoms with E-state index in [4.69, 9.17) is 4.98 Å². The fourth-order valence-electron chi connectivity index (χ4n) is 8.66. The molecule has 0 bridgehead atoms. The summed E-state index contributed by atoms with van der Waals surface area (Å²) in [6, 6.07) is 6.70. The zero-order chi connectivity index (χ0) is 33.3. The summed E-state index contributed by atoms with van der Waals surface area (Å²) < 4.78 is 63.8. The number of imidazole rings is 2. The lowest BCUT2D eigenvalue weighted by Crippen LogP contribution is -2.43. The number of anilines is 1. The predicted molar refractivity (Wildman–Crippen MR) is 176 cm³/mol. The van der Waals surface area contributed by atoms with E-state index in [1.807, 2.05) is 30.2 Å². The topological polar surface area (TPSA) is 63.6 Å². The van der Waals surface area contributed by atoms with Gasteiger partial charge in [-0.25, -0.2) is 19.3 Å². The van der Waals surface area contributed by atoms with Crippen molar-refractivity contribution in [2.24, 2.45) is 17.9 Å². The fraction of sp³-hybridized carbons (Fsp3) is 0.457. The number of hydrogen-bond acceptors (Lipinski definition) is 5. The van der Waals surface area contributed by atoms with Crippen molar-refractivity contribution >= 4 is 40.2 Å². The lowest BCUT2D eigenvalue weighted by atomic mass is 9.81. The van der Waals surface area contributed by atoms with E-state index in [0.717, 1.165) is 53.7 Å². The Morgan fingerprint density at radius 1 is 1.12 bits per heavy atom. The second-order valence-corrected chi connectivity index (χ2v) is 15.6. The van der Waals surface area contributed by atoms with Crippen LogP contribution in [-0.2, 0) is 19.6 Å². The molecule has 2 saturated heterocycles. The quantitative estimate of drug-likeness (QED) is 0.181. The van der Waals surface area contributed by atoms with Crippen molar-refractivity contribution in [3.05, 3.63) is 65.9 Å². The van der Waals surface area contributed by atoms with Gasteiger partial charge in [-0.3, -0.25) is 0 Å². The number of fused-ring (bicyclic) bond motifs is 4. The monoisotopic (exact) mass is 677 g/mol.